The van der Waals surface area contributed by atoms with Gasteiger partial charge in [-0.25, -0.2) is 14.2 Å². The fourth-order valence-corrected chi connectivity index (χ4v) is 2.25. The lowest BCUT2D eigenvalue weighted by Gasteiger charge is -2.10. The maximum absolute atomic E-state index is 13.2. The standard InChI is InChI=1S/C18H13FN2O2/c19-14-10-16(18(22)23)17(20-11-14)21-15-8-4-7-13(9-15)12-5-2-1-3-6-12/h1-11H,(H,20,21)(H,22,23). The molecule has 1 heterocycles. The van der Waals surface area contributed by atoms with Gasteiger partial charge < -0.3 is 10.4 Å². The van der Waals surface area contributed by atoms with Crippen LogP contribution < -0.4 is 5.32 Å². The smallest absolute Gasteiger partial charge is 0.339 e. The summed E-state index contributed by atoms with van der Waals surface area (Å²) in [5.74, 6) is -1.83. The van der Waals surface area contributed by atoms with E-state index in [-0.39, 0.29) is 11.4 Å². The van der Waals surface area contributed by atoms with Crippen LogP contribution in [0.2, 0.25) is 0 Å². The third-order valence-corrected chi connectivity index (χ3v) is 3.32. The first-order chi connectivity index (χ1) is 11.1. The lowest BCUT2D eigenvalue weighted by atomic mass is 10.1. The Morgan fingerprint density at radius 3 is 2.48 bits per heavy atom. The first-order valence-electron chi connectivity index (χ1n) is 6.95. The van der Waals surface area contributed by atoms with E-state index in [0.717, 1.165) is 23.4 Å². The molecule has 0 aliphatic heterocycles. The van der Waals surface area contributed by atoms with Gasteiger partial charge in [0.2, 0.25) is 0 Å². The number of pyridine rings is 1. The van der Waals surface area contributed by atoms with Crippen LogP contribution in [0.3, 0.4) is 0 Å². The summed E-state index contributed by atoms with van der Waals surface area (Å²) in [7, 11) is 0. The molecule has 4 nitrogen and oxygen atoms in total. The minimum absolute atomic E-state index is 0.101. The van der Waals surface area contributed by atoms with Crippen molar-refractivity contribution in [1.29, 1.82) is 0 Å². The van der Waals surface area contributed by atoms with Crippen molar-refractivity contribution in [2.75, 3.05) is 5.32 Å². The maximum atomic E-state index is 13.2. The van der Waals surface area contributed by atoms with Gasteiger partial charge in [-0.1, -0.05) is 42.5 Å². The lowest BCUT2D eigenvalue weighted by molar-refractivity contribution is 0.0697. The third kappa shape index (κ3) is 3.35. The van der Waals surface area contributed by atoms with Crippen molar-refractivity contribution >= 4 is 17.5 Å². The normalized spacial score (nSPS) is 10.3. The molecule has 0 fully saturated rings. The number of hydrogen-bond acceptors (Lipinski definition) is 3. The molecule has 5 heteroatoms. The van der Waals surface area contributed by atoms with Crippen LogP contribution in [0.15, 0.2) is 66.9 Å². The number of hydrogen-bond donors (Lipinski definition) is 2. The van der Waals surface area contributed by atoms with E-state index >= 15 is 0 Å². The number of carbonyl (C=O) groups is 1. The van der Waals surface area contributed by atoms with Gasteiger partial charge in [-0.05, 0) is 29.3 Å². The van der Waals surface area contributed by atoms with Gasteiger partial charge in [0.15, 0.2) is 0 Å². The molecule has 0 bridgehead atoms. The van der Waals surface area contributed by atoms with Crippen LogP contribution >= 0.6 is 0 Å². The number of aromatic carboxylic acids is 1. The fraction of sp³-hybridized carbons (Fsp3) is 0. The molecule has 23 heavy (non-hydrogen) atoms. The van der Waals surface area contributed by atoms with Gasteiger partial charge in [0.25, 0.3) is 0 Å². The quantitative estimate of drug-likeness (QED) is 0.753. The predicted octanol–water partition coefficient (Wildman–Crippen LogP) is 4.33. The van der Waals surface area contributed by atoms with Crippen molar-refractivity contribution in [3.63, 3.8) is 0 Å². The van der Waals surface area contributed by atoms with Gasteiger partial charge in [0, 0.05) is 5.69 Å². The molecular formula is C18H13FN2O2. The van der Waals surface area contributed by atoms with Crippen LogP contribution in [0.4, 0.5) is 15.9 Å². The Labute approximate surface area is 132 Å². The van der Waals surface area contributed by atoms with E-state index < -0.39 is 11.8 Å². The minimum Gasteiger partial charge on any atom is -0.478 e. The Kier molecular flexibility index (Phi) is 4.01. The Morgan fingerprint density at radius 1 is 1.00 bits per heavy atom. The molecule has 1 aromatic heterocycles. The maximum Gasteiger partial charge on any atom is 0.339 e. The first kappa shape index (κ1) is 14.7. The zero-order valence-electron chi connectivity index (χ0n) is 12.0. The van der Waals surface area contributed by atoms with Crippen LogP contribution in [0.1, 0.15) is 10.4 Å². The van der Waals surface area contributed by atoms with E-state index in [2.05, 4.69) is 10.3 Å². The lowest BCUT2D eigenvalue weighted by Crippen LogP contribution is -2.05. The minimum atomic E-state index is -1.24. The van der Waals surface area contributed by atoms with E-state index in [9.17, 15) is 9.18 Å². The van der Waals surface area contributed by atoms with Gasteiger partial charge in [-0.15, -0.1) is 0 Å². The number of carboxylic acid groups (broad SMARTS) is 1. The van der Waals surface area contributed by atoms with E-state index in [0.29, 0.717) is 5.69 Å². The van der Waals surface area contributed by atoms with Gasteiger partial charge >= 0.3 is 5.97 Å². The summed E-state index contributed by atoms with van der Waals surface area (Å²) < 4.78 is 13.2. The molecule has 3 aromatic rings. The van der Waals surface area contributed by atoms with E-state index in [1.165, 1.54) is 0 Å². The van der Waals surface area contributed by atoms with Crippen LogP contribution in [-0.2, 0) is 0 Å². The van der Waals surface area contributed by atoms with Crippen molar-refractivity contribution in [3.05, 3.63) is 78.2 Å². The summed E-state index contributed by atoms with van der Waals surface area (Å²) >= 11 is 0. The Morgan fingerprint density at radius 2 is 1.74 bits per heavy atom. The second kappa shape index (κ2) is 6.27. The monoisotopic (exact) mass is 308 g/mol. The van der Waals surface area contributed by atoms with Crippen LogP contribution in [0.25, 0.3) is 11.1 Å². The highest BCUT2D eigenvalue weighted by atomic mass is 19.1. The van der Waals surface area contributed by atoms with Crippen molar-refractivity contribution in [2.45, 2.75) is 0 Å². The highest BCUT2D eigenvalue weighted by Gasteiger charge is 2.13. The van der Waals surface area contributed by atoms with Gasteiger partial charge in [-0.2, -0.15) is 0 Å². The summed E-state index contributed by atoms with van der Waals surface area (Å²) in [6, 6.07) is 18.2. The molecule has 0 saturated heterocycles. The summed E-state index contributed by atoms with van der Waals surface area (Å²) in [5, 5.41) is 12.1. The Bertz CT molecular complexity index is 851. The van der Waals surface area contributed by atoms with E-state index in [1.807, 2.05) is 48.5 Å². The largest absolute Gasteiger partial charge is 0.478 e. The number of nitrogens with one attached hydrogen (secondary N) is 1. The molecule has 2 aromatic carbocycles. The molecule has 0 aliphatic carbocycles. The van der Waals surface area contributed by atoms with Crippen LogP contribution in [0, 0.1) is 5.82 Å². The molecule has 114 valence electrons. The fourth-order valence-electron chi connectivity index (χ4n) is 2.25. The predicted molar refractivity (Wildman–Crippen MR) is 86.3 cm³/mol. The van der Waals surface area contributed by atoms with Crippen molar-refractivity contribution in [1.82, 2.24) is 4.98 Å². The van der Waals surface area contributed by atoms with E-state index in [4.69, 9.17) is 5.11 Å². The molecule has 0 amide bonds. The number of anilines is 2. The number of halogens is 1. The zero-order valence-corrected chi connectivity index (χ0v) is 12.0. The molecule has 0 saturated carbocycles. The summed E-state index contributed by atoms with van der Waals surface area (Å²) in [6.45, 7) is 0. The van der Waals surface area contributed by atoms with Gasteiger partial charge in [0.1, 0.15) is 17.2 Å². The molecule has 0 spiro atoms. The summed E-state index contributed by atoms with van der Waals surface area (Å²) in [4.78, 5) is 15.0. The molecular weight excluding hydrogens is 295 g/mol. The average molecular weight is 308 g/mol. The van der Waals surface area contributed by atoms with Crippen molar-refractivity contribution < 1.29 is 14.3 Å². The number of aromatic nitrogens is 1. The molecule has 0 unspecified atom stereocenters. The zero-order chi connectivity index (χ0) is 16.2. The van der Waals surface area contributed by atoms with Crippen molar-refractivity contribution in [3.8, 4) is 11.1 Å². The SMILES string of the molecule is O=C(O)c1cc(F)cnc1Nc1cccc(-c2ccccc2)c1. The molecule has 3 rings (SSSR count). The number of carboxylic acids is 1. The topological polar surface area (TPSA) is 62.2 Å². The van der Waals surface area contributed by atoms with Gasteiger partial charge in [0.05, 0.1) is 6.20 Å². The third-order valence-electron chi connectivity index (χ3n) is 3.32. The average Bonchev–Trinajstić information content (AvgIpc) is 2.57. The van der Waals surface area contributed by atoms with Crippen LogP contribution in [-0.4, -0.2) is 16.1 Å². The first-order valence-corrected chi connectivity index (χ1v) is 6.95. The van der Waals surface area contributed by atoms with Crippen molar-refractivity contribution in [2.24, 2.45) is 0 Å². The summed E-state index contributed by atoms with van der Waals surface area (Å²) in [6.07, 6.45) is 0.982. The highest BCUT2D eigenvalue weighted by molar-refractivity contribution is 5.94. The number of rotatable bonds is 4. The molecule has 0 atom stereocenters. The molecule has 0 radical (unpaired) electrons. The molecule has 0 aliphatic rings. The Balaban J connectivity index is 1.94. The Hall–Kier alpha value is -3.21. The summed E-state index contributed by atoms with van der Waals surface area (Å²) in [5.41, 5.74) is 2.49. The molecule has 2 N–H and O–H groups in total. The highest BCUT2D eigenvalue weighted by Crippen LogP contribution is 2.25. The van der Waals surface area contributed by atoms with Gasteiger partial charge in [-0.3, -0.25) is 0 Å². The van der Waals surface area contributed by atoms with E-state index in [1.54, 1.807) is 6.07 Å². The second-order valence-electron chi connectivity index (χ2n) is 4.93. The number of benzene rings is 2. The number of nitrogens with zero attached hydrogens (tertiary/aromatic N) is 1. The van der Waals surface area contributed by atoms with Crippen LogP contribution in [0.5, 0.6) is 0 Å². The second-order valence-corrected chi connectivity index (χ2v) is 4.93.